The van der Waals surface area contributed by atoms with Crippen LogP contribution < -0.4 is 4.74 Å². The van der Waals surface area contributed by atoms with Gasteiger partial charge in [0.25, 0.3) is 5.91 Å². The molecule has 2 aliphatic rings. The summed E-state index contributed by atoms with van der Waals surface area (Å²) in [7, 11) is 0.121. The average molecular weight is 434 g/mol. The molecule has 30 heavy (non-hydrogen) atoms. The van der Waals surface area contributed by atoms with Crippen molar-refractivity contribution in [1.82, 2.24) is 24.1 Å². The smallest absolute Gasteiger partial charge is 0.271 e. The van der Waals surface area contributed by atoms with Crippen LogP contribution in [-0.4, -0.2) is 90.8 Å². The molecule has 0 aliphatic carbocycles. The highest BCUT2D eigenvalue weighted by Crippen LogP contribution is 2.36. The lowest BCUT2D eigenvalue weighted by molar-refractivity contribution is 0.0750. The van der Waals surface area contributed by atoms with Gasteiger partial charge in [0.15, 0.2) is 0 Å². The minimum Gasteiger partial charge on any atom is -0.487 e. The Kier molecular flexibility index (Phi) is 5.81. The van der Waals surface area contributed by atoms with E-state index in [1.807, 2.05) is 19.0 Å². The van der Waals surface area contributed by atoms with Crippen LogP contribution in [-0.2, 0) is 10.0 Å². The second kappa shape index (κ2) is 8.37. The first-order chi connectivity index (χ1) is 14.4. The highest BCUT2D eigenvalue weighted by Gasteiger charge is 2.43. The summed E-state index contributed by atoms with van der Waals surface area (Å²) in [6.07, 6.45) is 3.71. The Balaban J connectivity index is 1.66. The third kappa shape index (κ3) is 3.94. The zero-order chi connectivity index (χ0) is 21.3. The fourth-order valence-corrected chi connectivity index (χ4v) is 5.88. The number of likely N-dealkylation sites (tertiary alicyclic amines) is 1. The number of likely N-dealkylation sites (N-methyl/N-ethyl adjacent to an activating group) is 1. The van der Waals surface area contributed by atoms with Crippen LogP contribution in [0.2, 0.25) is 0 Å². The number of fused-ring (bicyclic) bond motifs is 2. The number of hydrogen-bond donors (Lipinski definition) is 1. The van der Waals surface area contributed by atoms with Gasteiger partial charge in [0.2, 0.25) is 10.0 Å². The molecule has 1 N–H and O–H groups in total. The Bertz CT molecular complexity index is 992. The molecule has 1 amide bonds. The van der Waals surface area contributed by atoms with Gasteiger partial charge in [-0.2, -0.15) is 4.31 Å². The molecular weight excluding hydrogens is 406 g/mol. The van der Waals surface area contributed by atoms with Gasteiger partial charge in [-0.3, -0.25) is 4.79 Å². The number of sulfonamides is 1. The molecule has 0 spiro atoms. The molecule has 1 fully saturated rings. The van der Waals surface area contributed by atoms with E-state index in [1.54, 1.807) is 33.5 Å². The molecule has 1 aromatic carbocycles. The molecule has 1 aromatic heterocycles. The zero-order valence-corrected chi connectivity index (χ0v) is 18.0. The van der Waals surface area contributed by atoms with Crippen molar-refractivity contribution < 1.29 is 17.9 Å². The van der Waals surface area contributed by atoms with Crippen LogP contribution in [0.1, 0.15) is 23.3 Å². The molecule has 1 saturated heterocycles. The summed E-state index contributed by atoms with van der Waals surface area (Å²) in [5.41, 5.74) is 0.431. The summed E-state index contributed by atoms with van der Waals surface area (Å²) in [6, 6.07) is 6.46. The fourth-order valence-electron chi connectivity index (χ4n) is 4.09. The van der Waals surface area contributed by atoms with E-state index >= 15 is 0 Å². The normalized spacial score (nSPS) is 23.8. The fraction of sp³-hybridized carbons (Fsp3) is 0.500. The Labute approximate surface area is 176 Å². The third-order valence-corrected chi connectivity index (χ3v) is 7.64. The molecule has 4 rings (SSSR count). The molecule has 0 radical (unpaired) electrons. The Morgan fingerprint density at radius 1 is 1.27 bits per heavy atom. The standard InChI is InChI=1S/C20H27N5O4S/c1-23(2)11-12-25-16-7-9-24(20(26)15-13-21-14-22-15)10-8-17(16)29-18-5-3-4-6-19(18)30(25,27)28/h3-6,13-14,16-17H,7-12H2,1-2H3,(H,21,22)/t16-,17-/m1/s1. The number of hydrogen-bond acceptors (Lipinski definition) is 6. The number of imidazole rings is 1. The Hall–Kier alpha value is -2.43. The van der Waals surface area contributed by atoms with Crippen LogP contribution in [0.25, 0.3) is 0 Å². The number of amides is 1. The van der Waals surface area contributed by atoms with Gasteiger partial charge in [-0.1, -0.05) is 12.1 Å². The van der Waals surface area contributed by atoms with Crippen molar-refractivity contribution in [3.63, 3.8) is 0 Å². The number of benzene rings is 1. The van der Waals surface area contributed by atoms with Crippen LogP contribution in [0.3, 0.4) is 0 Å². The monoisotopic (exact) mass is 433 g/mol. The minimum absolute atomic E-state index is 0.132. The highest BCUT2D eigenvalue weighted by atomic mass is 32.2. The number of H-pyrrole nitrogens is 1. The number of rotatable bonds is 4. The number of ether oxygens (including phenoxy) is 1. The molecular formula is C20H27N5O4S. The third-order valence-electron chi connectivity index (χ3n) is 5.67. The van der Waals surface area contributed by atoms with E-state index in [0.717, 1.165) is 0 Å². The Morgan fingerprint density at radius 2 is 2.03 bits per heavy atom. The number of para-hydroxylation sites is 1. The van der Waals surface area contributed by atoms with E-state index in [4.69, 9.17) is 4.74 Å². The first-order valence-electron chi connectivity index (χ1n) is 10.1. The van der Waals surface area contributed by atoms with E-state index in [2.05, 4.69) is 9.97 Å². The van der Waals surface area contributed by atoms with Gasteiger partial charge >= 0.3 is 0 Å². The molecule has 2 atom stereocenters. The maximum absolute atomic E-state index is 13.5. The molecule has 0 unspecified atom stereocenters. The summed E-state index contributed by atoms with van der Waals surface area (Å²) in [4.78, 5) is 23.5. The zero-order valence-electron chi connectivity index (χ0n) is 17.2. The van der Waals surface area contributed by atoms with E-state index in [1.165, 1.54) is 12.5 Å². The van der Waals surface area contributed by atoms with Gasteiger partial charge in [0, 0.05) is 32.6 Å². The van der Waals surface area contributed by atoms with Crippen molar-refractivity contribution in [2.24, 2.45) is 0 Å². The predicted octanol–water partition coefficient (Wildman–Crippen LogP) is 1.03. The first-order valence-corrected chi connectivity index (χ1v) is 11.5. The van der Waals surface area contributed by atoms with Crippen LogP contribution in [0.15, 0.2) is 41.7 Å². The van der Waals surface area contributed by atoms with Gasteiger partial charge < -0.3 is 19.5 Å². The second-order valence-electron chi connectivity index (χ2n) is 7.92. The van der Waals surface area contributed by atoms with Crippen molar-refractivity contribution in [2.45, 2.75) is 29.9 Å². The van der Waals surface area contributed by atoms with Gasteiger partial charge in [-0.15, -0.1) is 0 Å². The SMILES string of the molecule is CN(C)CCN1[C@@H]2CCN(C(=O)c3cnc[nH]3)CC[C@H]2Oc2ccccc2S1(=O)=O. The van der Waals surface area contributed by atoms with E-state index < -0.39 is 10.0 Å². The number of aromatic amines is 1. The van der Waals surface area contributed by atoms with Crippen molar-refractivity contribution in [1.29, 1.82) is 0 Å². The number of aromatic nitrogens is 2. The van der Waals surface area contributed by atoms with Crippen LogP contribution >= 0.6 is 0 Å². The number of carbonyl (C=O) groups is 1. The lowest BCUT2D eigenvalue weighted by Crippen LogP contribution is -2.49. The lowest BCUT2D eigenvalue weighted by Gasteiger charge is -2.32. The van der Waals surface area contributed by atoms with E-state index in [9.17, 15) is 13.2 Å². The summed E-state index contributed by atoms with van der Waals surface area (Å²) >= 11 is 0. The van der Waals surface area contributed by atoms with Crippen molar-refractivity contribution in [2.75, 3.05) is 40.3 Å². The Morgan fingerprint density at radius 3 is 2.77 bits per heavy atom. The number of nitrogens with one attached hydrogen (secondary N) is 1. The average Bonchev–Trinajstić information content (AvgIpc) is 3.15. The van der Waals surface area contributed by atoms with E-state index in [-0.39, 0.29) is 22.9 Å². The molecule has 10 heteroatoms. The van der Waals surface area contributed by atoms with Gasteiger partial charge in [0.05, 0.1) is 18.6 Å². The predicted molar refractivity (Wildman–Crippen MR) is 111 cm³/mol. The van der Waals surface area contributed by atoms with Crippen LogP contribution in [0, 0.1) is 0 Å². The molecule has 2 aliphatic heterocycles. The molecule has 0 saturated carbocycles. The second-order valence-corrected chi connectivity index (χ2v) is 9.78. The lowest BCUT2D eigenvalue weighted by atomic mass is 10.1. The maximum atomic E-state index is 13.5. The summed E-state index contributed by atoms with van der Waals surface area (Å²) in [5, 5.41) is 0. The molecule has 3 heterocycles. The topological polar surface area (TPSA) is 98.8 Å². The maximum Gasteiger partial charge on any atom is 0.271 e. The number of nitrogens with zero attached hydrogens (tertiary/aromatic N) is 4. The van der Waals surface area contributed by atoms with Crippen LogP contribution in [0.5, 0.6) is 5.75 Å². The van der Waals surface area contributed by atoms with Crippen molar-refractivity contribution in [3.8, 4) is 5.75 Å². The number of carbonyl (C=O) groups excluding carboxylic acids is 1. The van der Waals surface area contributed by atoms with Gasteiger partial charge in [0.1, 0.15) is 22.4 Å². The van der Waals surface area contributed by atoms with Gasteiger partial charge in [-0.25, -0.2) is 13.4 Å². The quantitative estimate of drug-likeness (QED) is 0.773. The first kappa shape index (κ1) is 20.8. The molecule has 162 valence electrons. The van der Waals surface area contributed by atoms with Gasteiger partial charge in [-0.05, 0) is 32.6 Å². The largest absolute Gasteiger partial charge is 0.487 e. The van der Waals surface area contributed by atoms with Crippen molar-refractivity contribution in [3.05, 3.63) is 42.5 Å². The van der Waals surface area contributed by atoms with Crippen molar-refractivity contribution >= 4 is 15.9 Å². The molecule has 2 aromatic rings. The van der Waals surface area contributed by atoms with E-state index in [0.29, 0.717) is 50.5 Å². The van der Waals surface area contributed by atoms with Crippen LogP contribution in [0.4, 0.5) is 0 Å². The minimum atomic E-state index is -3.72. The summed E-state index contributed by atoms with van der Waals surface area (Å²) in [5.74, 6) is 0.250. The summed E-state index contributed by atoms with van der Waals surface area (Å²) < 4.78 is 34.9. The summed E-state index contributed by atoms with van der Waals surface area (Å²) in [6.45, 7) is 1.90. The molecule has 9 nitrogen and oxygen atoms in total. The molecule has 0 bridgehead atoms. The highest BCUT2D eigenvalue weighted by molar-refractivity contribution is 7.89.